The highest BCUT2D eigenvalue weighted by Gasteiger charge is 2.22. The van der Waals surface area contributed by atoms with Crippen LogP contribution in [0.3, 0.4) is 0 Å². The van der Waals surface area contributed by atoms with Crippen molar-refractivity contribution in [2.45, 2.75) is 27.7 Å². The molecule has 0 unspecified atom stereocenters. The van der Waals surface area contributed by atoms with Gasteiger partial charge in [-0.15, -0.1) is 0 Å². The summed E-state index contributed by atoms with van der Waals surface area (Å²) in [6.45, 7) is 8.49. The summed E-state index contributed by atoms with van der Waals surface area (Å²) in [6, 6.07) is 0. The zero-order valence-electron chi connectivity index (χ0n) is 19.6. The maximum atomic E-state index is 4.96. The van der Waals surface area contributed by atoms with Crippen molar-refractivity contribution in [2.24, 2.45) is 20.0 Å². The van der Waals surface area contributed by atoms with Crippen molar-refractivity contribution in [1.82, 2.24) is 4.98 Å². The third-order valence-corrected chi connectivity index (χ3v) is 6.60. The Morgan fingerprint density at radius 1 is 0.471 bits per heavy atom. The van der Waals surface area contributed by atoms with Crippen LogP contribution in [0.15, 0.2) is 110 Å². The summed E-state index contributed by atoms with van der Waals surface area (Å²) in [4.78, 5) is 24.1. The standard InChI is InChI=1S/C29H23N5/c1-16-17(2)19(4)30-29(18(16)3)27-14-26-13-24-8-7-22(32-24)11-20-5-6-21(31-20)12-23-9-10-25(33-23)15-28(27)34-26/h5-15H,1-4H3. The summed E-state index contributed by atoms with van der Waals surface area (Å²) in [5, 5.41) is 0. The summed E-state index contributed by atoms with van der Waals surface area (Å²) in [7, 11) is 0. The number of aliphatic imine (C=N–C) groups is 4. The molecule has 1 aromatic heterocycles. The Kier molecular flexibility index (Phi) is 4.59. The normalized spacial score (nSPS) is 19.8. The van der Waals surface area contributed by atoms with Crippen LogP contribution in [0.25, 0.3) is 5.57 Å². The smallest absolute Gasteiger partial charge is 0.0759 e. The second-order valence-electron chi connectivity index (χ2n) is 8.86. The first-order chi connectivity index (χ1) is 16.4. The van der Waals surface area contributed by atoms with E-state index in [1.54, 1.807) is 0 Å². The van der Waals surface area contributed by atoms with Crippen molar-refractivity contribution in [1.29, 1.82) is 0 Å². The SMILES string of the molecule is Cc1nc(C2=CC3=CC4=NC(=CC5=NC(=CC6=NC(=CC2=N3)C=C6)C=C5)C=C4)c(C)c(C)c1C. The van der Waals surface area contributed by atoms with E-state index in [0.717, 1.165) is 62.6 Å². The topological polar surface area (TPSA) is 62.3 Å². The van der Waals surface area contributed by atoms with E-state index >= 15 is 0 Å². The van der Waals surface area contributed by atoms with Crippen LogP contribution >= 0.6 is 0 Å². The Labute approximate surface area is 198 Å². The van der Waals surface area contributed by atoms with E-state index in [4.69, 9.17) is 20.0 Å². The Bertz CT molecular complexity index is 1550. The number of hydrogen-bond donors (Lipinski definition) is 0. The van der Waals surface area contributed by atoms with Crippen LogP contribution in [0.4, 0.5) is 0 Å². The van der Waals surface area contributed by atoms with Gasteiger partial charge in [-0.05, 0) is 111 Å². The first-order valence-electron chi connectivity index (χ1n) is 11.4. The van der Waals surface area contributed by atoms with Crippen LogP contribution in [0.1, 0.15) is 28.1 Å². The van der Waals surface area contributed by atoms with Gasteiger partial charge in [0.05, 0.1) is 51.3 Å². The lowest BCUT2D eigenvalue weighted by Gasteiger charge is -2.14. The highest BCUT2D eigenvalue weighted by Crippen LogP contribution is 2.32. The first kappa shape index (κ1) is 20.4. The predicted octanol–water partition coefficient (Wildman–Crippen LogP) is 5.73. The van der Waals surface area contributed by atoms with Gasteiger partial charge in [0.1, 0.15) is 0 Å². The van der Waals surface area contributed by atoms with Gasteiger partial charge in [0.2, 0.25) is 0 Å². The van der Waals surface area contributed by atoms with E-state index in [2.05, 4.69) is 38.8 Å². The lowest BCUT2D eigenvalue weighted by molar-refractivity contribution is 1.07. The number of aryl methyl sites for hydroxylation is 1. The molecule has 5 aliphatic heterocycles. The molecule has 0 atom stereocenters. The zero-order valence-corrected chi connectivity index (χ0v) is 19.6. The number of aromatic nitrogens is 1. The van der Waals surface area contributed by atoms with E-state index in [-0.39, 0.29) is 0 Å². The Hall–Kier alpha value is -4.25. The summed E-state index contributed by atoms with van der Waals surface area (Å²) in [5.74, 6) is 0. The molecule has 0 aliphatic carbocycles. The van der Waals surface area contributed by atoms with E-state index in [9.17, 15) is 0 Å². The molecule has 0 aromatic carbocycles. The van der Waals surface area contributed by atoms with Crippen molar-refractivity contribution in [3.05, 3.63) is 118 Å². The third-order valence-electron chi connectivity index (χ3n) is 6.60. The zero-order chi connectivity index (χ0) is 23.4. The highest BCUT2D eigenvalue weighted by atomic mass is 14.9. The molecule has 1 aromatic rings. The second-order valence-corrected chi connectivity index (χ2v) is 8.86. The average Bonchev–Trinajstić information content (AvgIpc) is 3.60. The molecule has 6 heterocycles. The molecule has 8 bridgehead atoms. The number of hydrogen-bond acceptors (Lipinski definition) is 5. The van der Waals surface area contributed by atoms with Crippen molar-refractivity contribution >= 4 is 28.4 Å². The molecule has 0 spiro atoms. The maximum Gasteiger partial charge on any atom is 0.0759 e. The van der Waals surface area contributed by atoms with E-state index in [1.165, 1.54) is 16.7 Å². The predicted molar refractivity (Wildman–Crippen MR) is 141 cm³/mol. The third kappa shape index (κ3) is 3.55. The minimum absolute atomic E-state index is 0.849. The van der Waals surface area contributed by atoms with Gasteiger partial charge in [-0.1, -0.05) is 0 Å². The lowest BCUT2D eigenvalue weighted by Crippen LogP contribution is -2.06. The van der Waals surface area contributed by atoms with Crippen LogP contribution in [-0.2, 0) is 0 Å². The first-order valence-corrected chi connectivity index (χ1v) is 11.4. The molecule has 0 N–H and O–H groups in total. The quantitative estimate of drug-likeness (QED) is 0.549. The maximum absolute atomic E-state index is 4.96. The molecule has 5 heteroatoms. The van der Waals surface area contributed by atoms with Gasteiger partial charge in [0, 0.05) is 11.3 Å². The molecular formula is C29H23N5. The Morgan fingerprint density at radius 3 is 1.59 bits per heavy atom. The monoisotopic (exact) mass is 441 g/mol. The minimum atomic E-state index is 0.849. The van der Waals surface area contributed by atoms with Crippen molar-refractivity contribution in [3.63, 3.8) is 0 Å². The molecular weight excluding hydrogens is 418 g/mol. The number of allylic oxidation sites excluding steroid dienone is 12. The van der Waals surface area contributed by atoms with Crippen LogP contribution in [-0.4, -0.2) is 27.8 Å². The van der Waals surface area contributed by atoms with Gasteiger partial charge in [0.15, 0.2) is 0 Å². The van der Waals surface area contributed by atoms with Crippen LogP contribution in [0, 0.1) is 27.7 Å². The fourth-order valence-electron chi connectivity index (χ4n) is 4.41. The Balaban J connectivity index is 1.53. The fraction of sp³-hybridized carbons (Fsp3) is 0.138. The molecule has 0 saturated carbocycles. The summed E-state index contributed by atoms with van der Waals surface area (Å²) in [6.07, 6.45) is 22.1. The van der Waals surface area contributed by atoms with E-state index in [0.29, 0.717) is 0 Å². The summed E-state index contributed by atoms with van der Waals surface area (Å²) < 4.78 is 0. The van der Waals surface area contributed by atoms with Gasteiger partial charge in [0.25, 0.3) is 0 Å². The number of nitrogens with zero attached hydrogens (tertiary/aromatic N) is 5. The lowest BCUT2D eigenvalue weighted by atomic mass is 9.96. The van der Waals surface area contributed by atoms with Gasteiger partial charge in [-0.3, -0.25) is 4.98 Å². The largest absolute Gasteiger partial charge is 0.252 e. The molecule has 5 nitrogen and oxygen atoms in total. The second kappa shape index (κ2) is 7.66. The summed E-state index contributed by atoms with van der Waals surface area (Å²) in [5.41, 5.74) is 13.6. The van der Waals surface area contributed by atoms with Crippen molar-refractivity contribution in [2.75, 3.05) is 0 Å². The van der Waals surface area contributed by atoms with Gasteiger partial charge in [-0.2, -0.15) is 0 Å². The van der Waals surface area contributed by atoms with E-state index < -0.39 is 0 Å². The molecule has 5 aliphatic rings. The van der Waals surface area contributed by atoms with Gasteiger partial charge < -0.3 is 0 Å². The van der Waals surface area contributed by atoms with Crippen LogP contribution in [0.5, 0.6) is 0 Å². The number of fused-ring (bicyclic) bond motifs is 4. The number of pyridine rings is 1. The average molecular weight is 442 g/mol. The van der Waals surface area contributed by atoms with Gasteiger partial charge in [-0.25, -0.2) is 20.0 Å². The molecule has 0 amide bonds. The van der Waals surface area contributed by atoms with Crippen molar-refractivity contribution in [3.8, 4) is 0 Å². The number of rotatable bonds is 1. The summed E-state index contributed by atoms with van der Waals surface area (Å²) >= 11 is 0. The molecule has 34 heavy (non-hydrogen) atoms. The van der Waals surface area contributed by atoms with E-state index in [1.807, 2.05) is 60.8 Å². The molecule has 164 valence electrons. The molecule has 0 fully saturated rings. The van der Waals surface area contributed by atoms with Crippen LogP contribution in [0.2, 0.25) is 0 Å². The Morgan fingerprint density at radius 2 is 1.00 bits per heavy atom. The highest BCUT2D eigenvalue weighted by molar-refractivity contribution is 6.32. The van der Waals surface area contributed by atoms with Gasteiger partial charge >= 0.3 is 0 Å². The fourth-order valence-corrected chi connectivity index (χ4v) is 4.41. The molecule has 0 radical (unpaired) electrons. The van der Waals surface area contributed by atoms with Crippen LogP contribution < -0.4 is 0 Å². The molecule has 0 saturated heterocycles. The molecule has 6 rings (SSSR count). The van der Waals surface area contributed by atoms with Crippen molar-refractivity contribution < 1.29 is 0 Å². The minimum Gasteiger partial charge on any atom is -0.252 e.